The minimum Gasteiger partial charge on any atom is -0.260 e. The molecular weight excluding hydrogens is 558 g/mol. The van der Waals surface area contributed by atoms with Crippen LogP contribution in [0.25, 0.3) is 67.0 Å². The molecule has 218 valence electrons. The molecule has 0 radical (unpaired) electrons. The number of rotatable bonds is 6. The zero-order valence-electron chi connectivity index (χ0n) is 25.3. The Morgan fingerprint density at radius 1 is 0.630 bits per heavy atom. The highest BCUT2D eigenvalue weighted by atomic mass is 14.9. The first-order valence-electron chi connectivity index (χ1n) is 15.7. The third-order valence-corrected chi connectivity index (χ3v) is 8.86. The van der Waals surface area contributed by atoms with Crippen LogP contribution in [0, 0.1) is 0 Å². The van der Waals surface area contributed by atoms with Gasteiger partial charge in [0.25, 0.3) is 0 Å². The van der Waals surface area contributed by atoms with Crippen LogP contribution in [0.4, 0.5) is 0 Å². The lowest BCUT2D eigenvalue weighted by Crippen LogP contribution is -2.04. The van der Waals surface area contributed by atoms with E-state index < -0.39 is 0 Å². The van der Waals surface area contributed by atoms with E-state index >= 15 is 0 Å². The number of pyridine rings is 1. The van der Waals surface area contributed by atoms with E-state index in [-0.39, 0.29) is 5.92 Å². The van der Waals surface area contributed by atoms with Crippen molar-refractivity contribution in [3.05, 3.63) is 175 Å². The van der Waals surface area contributed by atoms with Crippen LogP contribution in [-0.4, -0.2) is 15.0 Å². The molecule has 2 aromatic heterocycles. The molecular formula is C43H31N3. The molecule has 0 amide bonds. The molecule has 2 heterocycles. The number of fused-ring (bicyclic) bond motifs is 2. The minimum atomic E-state index is 0.215. The third kappa shape index (κ3) is 5.12. The van der Waals surface area contributed by atoms with Crippen molar-refractivity contribution in [1.29, 1.82) is 0 Å². The standard InChI is InChI=1S/C43H31N3/c1-2-29-16-17-30-10-6-8-14-37(30)41(29)34-20-24-36(25-21-34)43-45-39(32-12-4-3-5-13-32)28-40(46-43)33-18-22-35(23-19-33)42-38-15-9-7-11-31(38)26-27-44-42/h2-22,24-28,35H,1,23H2. The molecule has 0 spiro atoms. The van der Waals surface area contributed by atoms with Gasteiger partial charge in [-0.15, -0.1) is 0 Å². The Balaban J connectivity index is 1.17. The Hall–Kier alpha value is -5.93. The van der Waals surface area contributed by atoms with Crippen molar-refractivity contribution in [2.45, 2.75) is 12.3 Å². The lowest BCUT2D eigenvalue weighted by atomic mass is 9.90. The maximum atomic E-state index is 5.12. The van der Waals surface area contributed by atoms with Gasteiger partial charge >= 0.3 is 0 Å². The number of allylic oxidation sites excluding steroid dienone is 4. The lowest BCUT2D eigenvalue weighted by molar-refractivity contribution is 0.828. The van der Waals surface area contributed by atoms with E-state index in [9.17, 15) is 0 Å². The molecule has 3 heteroatoms. The van der Waals surface area contributed by atoms with Crippen molar-refractivity contribution in [2.75, 3.05) is 0 Å². The van der Waals surface area contributed by atoms with Gasteiger partial charge in [0.1, 0.15) is 0 Å². The highest BCUT2D eigenvalue weighted by Crippen LogP contribution is 2.36. The topological polar surface area (TPSA) is 38.7 Å². The summed E-state index contributed by atoms with van der Waals surface area (Å²) in [4.78, 5) is 15.0. The maximum absolute atomic E-state index is 5.12. The van der Waals surface area contributed by atoms with Gasteiger partial charge in [-0.2, -0.15) is 0 Å². The predicted molar refractivity (Wildman–Crippen MR) is 192 cm³/mol. The maximum Gasteiger partial charge on any atom is 0.160 e. The minimum absolute atomic E-state index is 0.215. The second kappa shape index (κ2) is 11.9. The molecule has 7 aromatic rings. The number of hydrogen-bond acceptors (Lipinski definition) is 3. The lowest BCUT2D eigenvalue weighted by Gasteiger charge is -2.18. The predicted octanol–water partition coefficient (Wildman–Crippen LogP) is 10.9. The number of aromatic nitrogens is 3. The van der Waals surface area contributed by atoms with Crippen LogP contribution in [0.15, 0.2) is 158 Å². The molecule has 3 nitrogen and oxygen atoms in total. The van der Waals surface area contributed by atoms with Crippen molar-refractivity contribution in [1.82, 2.24) is 15.0 Å². The Morgan fingerprint density at radius 3 is 2.09 bits per heavy atom. The van der Waals surface area contributed by atoms with Crippen molar-refractivity contribution in [2.24, 2.45) is 0 Å². The SMILES string of the molecule is C=Cc1ccc2ccccc2c1-c1ccc(-c2nc(C3=CCC(c4nccc5ccccc45)C=C3)cc(-c3ccccc3)n2)cc1. The fraction of sp³-hybridized carbons (Fsp3) is 0.0465. The summed E-state index contributed by atoms with van der Waals surface area (Å²) in [5.74, 6) is 0.920. The van der Waals surface area contributed by atoms with E-state index in [2.05, 4.69) is 146 Å². The van der Waals surface area contributed by atoms with Gasteiger partial charge in [0.15, 0.2) is 5.82 Å². The summed E-state index contributed by atoms with van der Waals surface area (Å²) in [7, 11) is 0. The highest BCUT2D eigenvalue weighted by molar-refractivity contribution is 6.00. The van der Waals surface area contributed by atoms with Gasteiger partial charge in [-0.1, -0.05) is 146 Å². The van der Waals surface area contributed by atoms with Crippen molar-refractivity contribution >= 4 is 33.2 Å². The van der Waals surface area contributed by atoms with Crippen LogP contribution in [-0.2, 0) is 0 Å². The van der Waals surface area contributed by atoms with Gasteiger partial charge < -0.3 is 0 Å². The monoisotopic (exact) mass is 589 g/mol. The Kier molecular flexibility index (Phi) is 7.12. The molecule has 0 saturated heterocycles. The Bertz CT molecular complexity index is 2290. The third-order valence-electron chi connectivity index (χ3n) is 8.86. The summed E-state index contributed by atoms with van der Waals surface area (Å²) >= 11 is 0. The molecule has 0 N–H and O–H groups in total. The Labute approximate surface area is 269 Å². The van der Waals surface area contributed by atoms with Crippen molar-refractivity contribution < 1.29 is 0 Å². The average Bonchev–Trinajstić information content (AvgIpc) is 3.14. The molecule has 1 unspecified atom stereocenters. The smallest absolute Gasteiger partial charge is 0.160 e. The van der Waals surface area contributed by atoms with E-state index in [1.165, 1.54) is 27.1 Å². The van der Waals surface area contributed by atoms with Gasteiger partial charge in [-0.25, -0.2) is 9.97 Å². The number of hydrogen-bond donors (Lipinski definition) is 0. The van der Waals surface area contributed by atoms with Gasteiger partial charge in [0.05, 0.1) is 17.1 Å². The van der Waals surface area contributed by atoms with Gasteiger partial charge in [-0.3, -0.25) is 4.98 Å². The zero-order valence-corrected chi connectivity index (χ0v) is 25.3. The molecule has 8 rings (SSSR count). The molecule has 0 fully saturated rings. The van der Waals surface area contributed by atoms with E-state index in [1.54, 1.807) is 0 Å². The molecule has 1 aliphatic carbocycles. The summed E-state index contributed by atoms with van der Waals surface area (Å²) in [6, 6.07) is 44.4. The normalized spacial score (nSPS) is 14.3. The summed E-state index contributed by atoms with van der Waals surface area (Å²) < 4.78 is 0. The largest absolute Gasteiger partial charge is 0.260 e. The summed E-state index contributed by atoms with van der Waals surface area (Å²) in [5.41, 5.74) is 9.51. The van der Waals surface area contributed by atoms with E-state index in [4.69, 9.17) is 15.0 Å². The first-order chi connectivity index (χ1) is 22.7. The summed E-state index contributed by atoms with van der Waals surface area (Å²) in [5, 5.41) is 4.85. The second-order valence-corrected chi connectivity index (χ2v) is 11.6. The molecule has 0 saturated carbocycles. The molecule has 1 atom stereocenters. The molecule has 1 aliphatic rings. The molecule has 5 aromatic carbocycles. The van der Waals surface area contributed by atoms with E-state index in [0.29, 0.717) is 5.82 Å². The van der Waals surface area contributed by atoms with Crippen molar-refractivity contribution in [3.63, 3.8) is 0 Å². The first-order valence-corrected chi connectivity index (χ1v) is 15.7. The molecule has 0 aliphatic heterocycles. The molecule has 46 heavy (non-hydrogen) atoms. The fourth-order valence-electron chi connectivity index (χ4n) is 6.50. The zero-order chi connectivity index (χ0) is 30.9. The van der Waals surface area contributed by atoms with E-state index in [1.807, 2.05) is 18.3 Å². The number of nitrogens with zero attached hydrogens (tertiary/aromatic N) is 3. The quantitative estimate of drug-likeness (QED) is 0.194. The number of benzene rings is 5. The summed E-state index contributed by atoms with van der Waals surface area (Å²) in [6.07, 6.45) is 11.5. The van der Waals surface area contributed by atoms with Crippen LogP contribution in [0.1, 0.15) is 29.3 Å². The Morgan fingerprint density at radius 2 is 1.33 bits per heavy atom. The van der Waals surface area contributed by atoms with Crippen LogP contribution in [0.5, 0.6) is 0 Å². The van der Waals surface area contributed by atoms with Gasteiger partial charge in [0.2, 0.25) is 0 Å². The van der Waals surface area contributed by atoms with Gasteiger partial charge in [0, 0.05) is 28.6 Å². The van der Waals surface area contributed by atoms with Crippen LogP contribution in [0.3, 0.4) is 0 Å². The second-order valence-electron chi connectivity index (χ2n) is 11.6. The summed E-state index contributed by atoms with van der Waals surface area (Å²) in [6.45, 7) is 4.08. The fourth-order valence-corrected chi connectivity index (χ4v) is 6.50. The molecule has 0 bridgehead atoms. The highest BCUT2D eigenvalue weighted by Gasteiger charge is 2.18. The first kappa shape index (κ1) is 27.6. The van der Waals surface area contributed by atoms with E-state index in [0.717, 1.165) is 51.3 Å². The van der Waals surface area contributed by atoms with Crippen LogP contribution in [0.2, 0.25) is 0 Å². The van der Waals surface area contributed by atoms with Crippen molar-refractivity contribution in [3.8, 4) is 33.8 Å². The van der Waals surface area contributed by atoms with Gasteiger partial charge in [-0.05, 0) is 57.0 Å². The average molecular weight is 590 g/mol. The van der Waals surface area contributed by atoms with Crippen LogP contribution >= 0.6 is 0 Å². The van der Waals surface area contributed by atoms with Crippen LogP contribution < -0.4 is 0 Å².